The lowest BCUT2D eigenvalue weighted by atomic mass is 10.1. The zero-order valence-electron chi connectivity index (χ0n) is 17.1. The summed E-state index contributed by atoms with van der Waals surface area (Å²) in [5.41, 5.74) is 1.73. The maximum absolute atomic E-state index is 13.2. The molecular formula is C23H23N3O3S2. The first-order valence-electron chi connectivity index (χ1n) is 10.1. The predicted octanol–water partition coefficient (Wildman–Crippen LogP) is 4.40. The van der Waals surface area contributed by atoms with Gasteiger partial charge in [0.15, 0.2) is 0 Å². The fourth-order valence-electron chi connectivity index (χ4n) is 3.52. The van der Waals surface area contributed by atoms with Gasteiger partial charge in [0.1, 0.15) is 16.2 Å². The first-order chi connectivity index (χ1) is 15.0. The number of nitrogens with zero attached hydrogens (tertiary/aromatic N) is 2. The monoisotopic (exact) mass is 453 g/mol. The number of hydrogen-bond acceptors (Lipinski definition) is 5. The van der Waals surface area contributed by atoms with Crippen LogP contribution in [0.3, 0.4) is 0 Å². The Hall–Kier alpha value is -2.81. The van der Waals surface area contributed by atoms with Gasteiger partial charge in [-0.15, -0.1) is 11.3 Å². The van der Waals surface area contributed by atoms with E-state index in [0.717, 1.165) is 24.2 Å². The van der Waals surface area contributed by atoms with Crippen LogP contribution >= 0.6 is 11.3 Å². The largest absolute Gasteiger partial charge is 0.310 e. The van der Waals surface area contributed by atoms with Crippen molar-refractivity contribution in [1.29, 1.82) is 0 Å². The number of unbranched alkanes of at least 4 members (excludes halogenated alkanes) is 1. The second-order valence-corrected chi connectivity index (χ2v) is 9.80. The lowest BCUT2D eigenvalue weighted by Crippen LogP contribution is -2.28. The molecule has 2 aromatic heterocycles. The van der Waals surface area contributed by atoms with Crippen LogP contribution in [0.15, 0.2) is 75.7 Å². The van der Waals surface area contributed by atoms with Crippen LogP contribution in [0.1, 0.15) is 25.6 Å². The Balaban J connectivity index is 1.71. The van der Waals surface area contributed by atoms with Crippen LogP contribution < -0.4 is 10.2 Å². The van der Waals surface area contributed by atoms with Gasteiger partial charge in [0.05, 0.1) is 11.6 Å². The Morgan fingerprint density at radius 3 is 2.55 bits per heavy atom. The van der Waals surface area contributed by atoms with Gasteiger partial charge >= 0.3 is 0 Å². The summed E-state index contributed by atoms with van der Waals surface area (Å²) < 4.78 is 30.9. The molecule has 4 rings (SSSR count). The van der Waals surface area contributed by atoms with Gasteiger partial charge in [0, 0.05) is 12.0 Å². The molecule has 0 saturated carbocycles. The smallest absolute Gasteiger partial charge is 0.242 e. The summed E-state index contributed by atoms with van der Waals surface area (Å²) in [5, 5.41) is 1.71. The van der Waals surface area contributed by atoms with E-state index in [4.69, 9.17) is 0 Å². The van der Waals surface area contributed by atoms with E-state index in [1.54, 1.807) is 28.1 Å². The number of aromatic nitrogens is 2. The van der Waals surface area contributed by atoms with Crippen molar-refractivity contribution >= 4 is 31.7 Å². The van der Waals surface area contributed by atoms with Crippen molar-refractivity contribution < 1.29 is 8.42 Å². The number of fused-ring (bicyclic) bond motifs is 1. The van der Waals surface area contributed by atoms with Crippen LogP contribution in [0.4, 0.5) is 0 Å². The molecule has 0 atom stereocenters. The van der Waals surface area contributed by atoms with Crippen molar-refractivity contribution in [3.8, 4) is 11.1 Å². The van der Waals surface area contributed by atoms with Crippen molar-refractivity contribution in [2.24, 2.45) is 0 Å². The minimum Gasteiger partial charge on any atom is -0.310 e. The maximum atomic E-state index is 13.2. The molecular weight excluding hydrogens is 430 g/mol. The third-order valence-corrected chi connectivity index (χ3v) is 7.30. The third-order valence-electron chi connectivity index (χ3n) is 5.08. The van der Waals surface area contributed by atoms with Crippen LogP contribution in [-0.4, -0.2) is 18.0 Å². The van der Waals surface area contributed by atoms with Crippen LogP contribution in [0, 0.1) is 0 Å². The summed E-state index contributed by atoms with van der Waals surface area (Å²) in [6.45, 7) is 2.03. The second kappa shape index (κ2) is 9.13. The molecule has 0 bridgehead atoms. The number of rotatable bonds is 8. The molecule has 0 radical (unpaired) electrons. The molecule has 2 aromatic carbocycles. The molecule has 31 heavy (non-hydrogen) atoms. The van der Waals surface area contributed by atoms with Crippen LogP contribution in [0.25, 0.3) is 21.5 Å². The van der Waals surface area contributed by atoms with Crippen molar-refractivity contribution in [3.05, 3.63) is 82.1 Å². The van der Waals surface area contributed by atoms with Gasteiger partial charge < -0.3 is 4.57 Å². The molecule has 0 aliphatic rings. The lowest BCUT2D eigenvalue weighted by molar-refractivity contribution is 0.558. The Labute approximate surface area is 185 Å². The number of imidazole rings is 1. The average Bonchev–Trinajstić information content (AvgIpc) is 3.15. The molecule has 6 nitrogen and oxygen atoms in total. The molecule has 0 unspecified atom stereocenters. The summed E-state index contributed by atoms with van der Waals surface area (Å²) in [4.78, 5) is 17.9. The minimum absolute atomic E-state index is 0.0486. The van der Waals surface area contributed by atoms with E-state index in [2.05, 4.69) is 16.6 Å². The van der Waals surface area contributed by atoms with Gasteiger partial charge in [-0.1, -0.05) is 61.9 Å². The SMILES string of the molecule is CCCCc1nc2sccc(=O)c2n1CNS(=O)(=O)c1ccccc1-c1ccccc1. The molecule has 0 aliphatic heterocycles. The van der Waals surface area contributed by atoms with Gasteiger partial charge in [0.2, 0.25) is 15.5 Å². The first kappa shape index (κ1) is 21.4. The first-order valence-corrected chi connectivity index (χ1v) is 12.5. The van der Waals surface area contributed by atoms with Gasteiger partial charge in [0.25, 0.3) is 0 Å². The number of aryl methyl sites for hydroxylation is 1. The predicted molar refractivity (Wildman–Crippen MR) is 125 cm³/mol. The zero-order chi connectivity index (χ0) is 21.8. The van der Waals surface area contributed by atoms with E-state index >= 15 is 0 Å². The molecule has 0 spiro atoms. The molecule has 8 heteroatoms. The Kier molecular flexibility index (Phi) is 6.31. The lowest BCUT2D eigenvalue weighted by Gasteiger charge is -2.14. The van der Waals surface area contributed by atoms with E-state index in [1.807, 2.05) is 36.4 Å². The Bertz CT molecular complexity index is 1360. The Morgan fingerprint density at radius 1 is 1.03 bits per heavy atom. The zero-order valence-corrected chi connectivity index (χ0v) is 18.7. The molecule has 0 saturated heterocycles. The quantitative estimate of drug-likeness (QED) is 0.429. The van der Waals surface area contributed by atoms with Crippen molar-refractivity contribution in [1.82, 2.24) is 14.3 Å². The van der Waals surface area contributed by atoms with Crippen LogP contribution in [0.2, 0.25) is 0 Å². The summed E-state index contributed by atoms with van der Waals surface area (Å²) in [7, 11) is -3.83. The van der Waals surface area contributed by atoms with Gasteiger partial charge in [-0.05, 0) is 29.5 Å². The normalized spacial score (nSPS) is 11.8. The van der Waals surface area contributed by atoms with Crippen LogP contribution in [0.5, 0.6) is 0 Å². The highest BCUT2D eigenvalue weighted by molar-refractivity contribution is 7.89. The van der Waals surface area contributed by atoms with Crippen LogP contribution in [-0.2, 0) is 23.1 Å². The second-order valence-electron chi connectivity index (χ2n) is 7.17. The Morgan fingerprint density at radius 2 is 1.77 bits per heavy atom. The van der Waals surface area contributed by atoms with Gasteiger partial charge in [-0.2, -0.15) is 4.72 Å². The highest BCUT2D eigenvalue weighted by Gasteiger charge is 2.21. The van der Waals surface area contributed by atoms with Crippen molar-refractivity contribution in [3.63, 3.8) is 0 Å². The minimum atomic E-state index is -3.83. The summed E-state index contributed by atoms with van der Waals surface area (Å²) in [6, 6.07) is 17.8. The van der Waals surface area contributed by atoms with E-state index < -0.39 is 10.0 Å². The number of hydrogen-bond donors (Lipinski definition) is 1. The molecule has 160 valence electrons. The van der Waals surface area contributed by atoms with Gasteiger partial charge in [-0.25, -0.2) is 13.4 Å². The summed E-state index contributed by atoms with van der Waals surface area (Å²) in [6.07, 6.45) is 2.57. The van der Waals surface area contributed by atoms with Crippen molar-refractivity contribution in [2.45, 2.75) is 37.8 Å². The standard InChI is InChI=1S/C23H23N3O3S2/c1-2-3-13-21-25-23-22(19(27)14-15-30-23)26(21)16-24-31(28,29)20-12-8-7-11-18(20)17-9-5-4-6-10-17/h4-12,14-15,24H,2-3,13,16H2,1H3. The third kappa shape index (κ3) is 4.46. The van der Waals surface area contributed by atoms with E-state index in [-0.39, 0.29) is 17.0 Å². The highest BCUT2D eigenvalue weighted by Crippen LogP contribution is 2.27. The fraction of sp³-hybridized carbons (Fsp3) is 0.217. The number of benzene rings is 2. The molecule has 0 amide bonds. The number of sulfonamides is 1. The molecule has 0 aliphatic carbocycles. The molecule has 2 heterocycles. The number of nitrogens with one attached hydrogen (secondary N) is 1. The molecule has 1 N–H and O–H groups in total. The van der Waals surface area contributed by atoms with E-state index in [0.29, 0.717) is 22.3 Å². The van der Waals surface area contributed by atoms with Gasteiger partial charge in [-0.3, -0.25) is 4.79 Å². The molecule has 0 fully saturated rings. The average molecular weight is 454 g/mol. The van der Waals surface area contributed by atoms with E-state index in [1.165, 1.54) is 17.4 Å². The maximum Gasteiger partial charge on any atom is 0.242 e. The molecule has 4 aromatic rings. The summed E-state index contributed by atoms with van der Waals surface area (Å²) in [5.74, 6) is 0.718. The summed E-state index contributed by atoms with van der Waals surface area (Å²) >= 11 is 1.38. The topological polar surface area (TPSA) is 81.1 Å². The van der Waals surface area contributed by atoms with Crippen molar-refractivity contribution in [2.75, 3.05) is 0 Å². The fourth-order valence-corrected chi connectivity index (χ4v) is 5.50. The highest BCUT2D eigenvalue weighted by atomic mass is 32.2. The van der Waals surface area contributed by atoms with E-state index in [9.17, 15) is 13.2 Å².